The zero-order chi connectivity index (χ0) is 33.5. The van der Waals surface area contributed by atoms with Crippen molar-refractivity contribution in [2.45, 2.75) is 208 Å². The minimum absolute atomic E-state index is 0.0273. The van der Waals surface area contributed by atoms with Gasteiger partial charge in [-0.05, 0) is 142 Å². The van der Waals surface area contributed by atoms with Crippen molar-refractivity contribution in [2.75, 3.05) is 6.61 Å². The number of unbranched alkanes of at least 4 members (excludes halogenated alkanes) is 11. The van der Waals surface area contributed by atoms with Crippen LogP contribution < -0.4 is 0 Å². The highest BCUT2D eigenvalue weighted by molar-refractivity contribution is 5.69. The Bertz CT molecular complexity index is 908. The van der Waals surface area contributed by atoms with Crippen LogP contribution in [0.5, 0.6) is 0 Å². The molecular formula is C45H80O2. The summed E-state index contributed by atoms with van der Waals surface area (Å²) in [6.07, 6.45) is 41.1. The molecule has 4 fully saturated rings. The second-order valence-corrected chi connectivity index (χ2v) is 18.2. The van der Waals surface area contributed by atoms with Crippen LogP contribution in [-0.4, -0.2) is 12.6 Å². The minimum Gasteiger partial charge on any atom is -0.465 e. The molecule has 0 bridgehead atoms. The van der Waals surface area contributed by atoms with E-state index in [1.54, 1.807) is 6.42 Å². The van der Waals surface area contributed by atoms with Gasteiger partial charge in [-0.1, -0.05) is 124 Å². The zero-order valence-electron chi connectivity index (χ0n) is 32.3. The summed E-state index contributed by atoms with van der Waals surface area (Å²) in [5, 5.41) is 0. The Hall–Kier alpha value is -0.790. The lowest BCUT2D eigenvalue weighted by atomic mass is 9.44. The first-order valence-corrected chi connectivity index (χ1v) is 21.6. The smallest absolute Gasteiger partial charge is 0.305 e. The number of fused-ring (bicyclic) bond motifs is 5. The Morgan fingerprint density at radius 2 is 1.38 bits per heavy atom. The average molecular weight is 653 g/mol. The van der Waals surface area contributed by atoms with Crippen molar-refractivity contribution in [3.8, 4) is 0 Å². The van der Waals surface area contributed by atoms with Gasteiger partial charge >= 0.3 is 5.97 Å². The summed E-state index contributed by atoms with van der Waals surface area (Å²) in [6, 6.07) is 0. The number of carbonyl (C=O) groups is 1. The van der Waals surface area contributed by atoms with Gasteiger partial charge in [-0.3, -0.25) is 4.79 Å². The largest absolute Gasteiger partial charge is 0.465 e. The van der Waals surface area contributed by atoms with Gasteiger partial charge in [0.1, 0.15) is 0 Å². The molecule has 0 aromatic heterocycles. The summed E-state index contributed by atoms with van der Waals surface area (Å²) in [5.41, 5.74) is 1.25. The van der Waals surface area contributed by atoms with Crippen LogP contribution in [-0.2, 0) is 9.53 Å². The molecule has 2 nitrogen and oxygen atoms in total. The van der Waals surface area contributed by atoms with Gasteiger partial charge in [0.25, 0.3) is 0 Å². The molecule has 4 saturated carbocycles. The lowest BCUT2D eigenvalue weighted by molar-refractivity contribution is -0.145. The summed E-state index contributed by atoms with van der Waals surface area (Å²) in [6.45, 7) is 13.2. The van der Waals surface area contributed by atoms with Crippen molar-refractivity contribution in [1.82, 2.24) is 0 Å². The topological polar surface area (TPSA) is 26.3 Å². The molecule has 272 valence electrons. The monoisotopic (exact) mass is 653 g/mol. The number of ether oxygens (including phenoxy) is 1. The van der Waals surface area contributed by atoms with E-state index in [1.165, 1.54) is 148 Å². The summed E-state index contributed by atoms with van der Waals surface area (Å²) < 4.78 is 5.71. The van der Waals surface area contributed by atoms with E-state index >= 15 is 0 Å². The number of hydrogen-bond donors (Lipinski definition) is 0. The number of allylic oxidation sites excluding steroid dienone is 2. The van der Waals surface area contributed by atoms with E-state index in [4.69, 9.17) is 4.74 Å². The van der Waals surface area contributed by atoms with E-state index in [2.05, 4.69) is 46.8 Å². The highest BCUT2D eigenvalue weighted by Crippen LogP contribution is 2.68. The summed E-state index contributed by atoms with van der Waals surface area (Å²) in [4.78, 5) is 12.4. The minimum atomic E-state index is 0.0273. The molecule has 0 heterocycles. The third-order valence-corrected chi connectivity index (χ3v) is 14.9. The molecule has 0 amide bonds. The third-order valence-electron chi connectivity index (χ3n) is 14.9. The van der Waals surface area contributed by atoms with Crippen LogP contribution >= 0.6 is 0 Å². The molecule has 0 aromatic carbocycles. The van der Waals surface area contributed by atoms with Gasteiger partial charge in [0.15, 0.2) is 0 Å². The molecule has 4 aliphatic carbocycles. The first-order valence-electron chi connectivity index (χ1n) is 21.6. The fourth-order valence-electron chi connectivity index (χ4n) is 12.0. The van der Waals surface area contributed by atoms with Crippen molar-refractivity contribution in [3.63, 3.8) is 0 Å². The van der Waals surface area contributed by atoms with E-state index in [0.29, 0.717) is 29.8 Å². The predicted octanol–water partition coefficient (Wildman–Crippen LogP) is 14.1. The third kappa shape index (κ3) is 11.1. The van der Waals surface area contributed by atoms with E-state index in [1.807, 2.05) is 0 Å². The van der Waals surface area contributed by atoms with Crippen LogP contribution in [0.15, 0.2) is 12.2 Å². The molecule has 0 aromatic rings. The van der Waals surface area contributed by atoms with E-state index < -0.39 is 0 Å². The number of hydrogen-bond acceptors (Lipinski definition) is 2. The summed E-state index contributed by atoms with van der Waals surface area (Å²) in [5.74, 6) is 6.33. The second kappa shape index (κ2) is 20.2. The predicted molar refractivity (Wildman–Crippen MR) is 202 cm³/mol. The van der Waals surface area contributed by atoms with E-state index in [9.17, 15) is 4.79 Å². The van der Waals surface area contributed by atoms with Crippen LogP contribution in [0, 0.1) is 52.3 Å². The van der Waals surface area contributed by atoms with Gasteiger partial charge < -0.3 is 4.74 Å². The number of esters is 1. The van der Waals surface area contributed by atoms with Gasteiger partial charge in [0, 0.05) is 6.42 Å². The van der Waals surface area contributed by atoms with Crippen LogP contribution in [0.4, 0.5) is 0 Å². The Morgan fingerprint density at radius 1 is 0.702 bits per heavy atom. The molecular weight excluding hydrogens is 572 g/mol. The van der Waals surface area contributed by atoms with Crippen LogP contribution in [0.3, 0.4) is 0 Å². The van der Waals surface area contributed by atoms with Crippen molar-refractivity contribution >= 4 is 5.97 Å². The van der Waals surface area contributed by atoms with Gasteiger partial charge in [-0.15, -0.1) is 0 Å². The van der Waals surface area contributed by atoms with Crippen LogP contribution in [0.2, 0.25) is 0 Å². The molecule has 0 radical (unpaired) electrons. The molecule has 4 rings (SSSR count). The zero-order valence-corrected chi connectivity index (χ0v) is 32.3. The van der Waals surface area contributed by atoms with Gasteiger partial charge in [-0.25, -0.2) is 0 Å². The van der Waals surface area contributed by atoms with E-state index in [0.717, 1.165) is 48.3 Å². The Balaban J connectivity index is 1.01. The Kier molecular flexibility index (Phi) is 16.7. The SMILES string of the molecule is CCCCCCCC/C=C\CCCCCCCC(=O)OCC(C)CCC[C@@H](C)[C@H]1CC[C@H]2[C@@H]3CCC4CCCC[C@]4(C)[C@H]3CC[C@]12C. The van der Waals surface area contributed by atoms with Gasteiger partial charge in [-0.2, -0.15) is 0 Å². The van der Waals surface area contributed by atoms with Crippen LogP contribution in [0.1, 0.15) is 208 Å². The van der Waals surface area contributed by atoms with Gasteiger partial charge in [0.05, 0.1) is 6.61 Å². The lowest BCUT2D eigenvalue weighted by Gasteiger charge is -2.61. The first kappa shape index (κ1) is 39.0. The van der Waals surface area contributed by atoms with Gasteiger partial charge in [0.2, 0.25) is 0 Å². The van der Waals surface area contributed by atoms with Crippen LogP contribution in [0.25, 0.3) is 0 Å². The molecule has 0 saturated heterocycles. The maximum atomic E-state index is 12.4. The Morgan fingerprint density at radius 3 is 2.13 bits per heavy atom. The lowest BCUT2D eigenvalue weighted by Crippen LogP contribution is -2.53. The number of carbonyl (C=O) groups excluding carboxylic acids is 1. The molecule has 2 heteroatoms. The fraction of sp³-hybridized carbons (Fsp3) is 0.933. The summed E-state index contributed by atoms with van der Waals surface area (Å²) in [7, 11) is 0. The fourth-order valence-corrected chi connectivity index (χ4v) is 12.0. The second-order valence-electron chi connectivity index (χ2n) is 18.2. The maximum Gasteiger partial charge on any atom is 0.305 e. The molecule has 0 N–H and O–H groups in total. The molecule has 9 atom stereocenters. The Labute approximate surface area is 293 Å². The standard InChI is InChI=1S/C45H80O2/c1-6-7-8-9-10-11-12-13-14-15-16-17-18-19-20-27-43(46)47-35-36(2)24-23-25-37(3)40-30-31-41-39-29-28-38-26-21-22-33-44(38,4)42(39)32-34-45(40,41)5/h13-14,36-42H,6-12,15-35H2,1-5H3/b14-13-/t36?,37-,38?,39+,40-,41+,42+,44+,45-/m1/s1. The number of rotatable bonds is 22. The highest BCUT2D eigenvalue weighted by Gasteiger charge is 2.60. The van der Waals surface area contributed by atoms with E-state index in [-0.39, 0.29) is 5.97 Å². The molecule has 4 aliphatic rings. The van der Waals surface area contributed by atoms with Crippen molar-refractivity contribution in [3.05, 3.63) is 12.2 Å². The molecule has 2 unspecified atom stereocenters. The highest BCUT2D eigenvalue weighted by atomic mass is 16.5. The van der Waals surface area contributed by atoms with Crippen molar-refractivity contribution < 1.29 is 9.53 Å². The summed E-state index contributed by atoms with van der Waals surface area (Å²) >= 11 is 0. The van der Waals surface area contributed by atoms with Crippen molar-refractivity contribution in [1.29, 1.82) is 0 Å². The molecule has 0 spiro atoms. The molecule has 0 aliphatic heterocycles. The van der Waals surface area contributed by atoms with Crippen molar-refractivity contribution in [2.24, 2.45) is 52.3 Å². The normalized spacial score (nSPS) is 33.3. The quantitative estimate of drug-likeness (QED) is 0.0661. The first-order chi connectivity index (χ1) is 22.8. The molecule has 47 heavy (non-hydrogen) atoms. The average Bonchev–Trinajstić information content (AvgIpc) is 3.42. The maximum absolute atomic E-state index is 12.4.